The molecule has 0 saturated heterocycles. The summed E-state index contributed by atoms with van der Waals surface area (Å²) in [6.07, 6.45) is 0.701. The highest BCUT2D eigenvalue weighted by Gasteiger charge is 2.26. The van der Waals surface area contributed by atoms with Crippen LogP contribution in [0, 0.1) is 6.92 Å². The summed E-state index contributed by atoms with van der Waals surface area (Å²) in [5, 5.41) is 10.7. The van der Waals surface area contributed by atoms with Gasteiger partial charge in [-0.2, -0.15) is 5.10 Å². The van der Waals surface area contributed by atoms with Crippen molar-refractivity contribution in [1.29, 1.82) is 0 Å². The van der Waals surface area contributed by atoms with Crippen LogP contribution in [0.5, 0.6) is 0 Å². The molecule has 0 saturated carbocycles. The maximum absolute atomic E-state index is 12.3. The van der Waals surface area contributed by atoms with E-state index in [1.807, 2.05) is 37.3 Å². The quantitative estimate of drug-likeness (QED) is 0.670. The molecular formula is C17H16ClN5O. The number of nitrogens with one attached hydrogen (secondary N) is 3. The summed E-state index contributed by atoms with van der Waals surface area (Å²) in [5.74, 6) is 0.620. The van der Waals surface area contributed by atoms with Gasteiger partial charge in [-0.15, -0.1) is 0 Å². The molecule has 0 radical (unpaired) electrons. The summed E-state index contributed by atoms with van der Waals surface area (Å²) in [7, 11) is 0. The number of nitrogens with zero attached hydrogens (tertiary/aromatic N) is 2. The molecule has 0 bridgehead atoms. The summed E-state index contributed by atoms with van der Waals surface area (Å²) in [4.78, 5) is 20.1. The fourth-order valence-corrected chi connectivity index (χ4v) is 3.12. The van der Waals surface area contributed by atoms with Crippen LogP contribution in [-0.2, 0) is 6.42 Å². The minimum absolute atomic E-state index is 0.156. The molecule has 1 unspecified atom stereocenters. The third-order valence-corrected chi connectivity index (χ3v) is 4.50. The van der Waals surface area contributed by atoms with Crippen molar-refractivity contribution >= 4 is 17.5 Å². The Morgan fingerprint density at radius 3 is 2.75 bits per heavy atom. The number of hydrogen-bond donors (Lipinski definition) is 3. The van der Waals surface area contributed by atoms with Gasteiger partial charge in [0.2, 0.25) is 0 Å². The Hall–Kier alpha value is -2.60. The van der Waals surface area contributed by atoms with E-state index in [-0.39, 0.29) is 11.8 Å². The second-order valence-corrected chi connectivity index (χ2v) is 6.45. The van der Waals surface area contributed by atoms with E-state index in [1.54, 1.807) is 0 Å². The van der Waals surface area contributed by atoms with Crippen molar-refractivity contribution in [2.45, 2.75) is 19.3 Å². The number of carbonyl (C=O) groups is 1. The molecule has 6 nitrogen and oxygen atoms in total. The highest BCUT2D eigenvalue weighted by atomic mass is 35.5. The molecule has 3 aromatic rings. The topological polar surface area (TPSA) is 86.5 Å². The zero-order valence-corrected chi connectivity index (χ0v) is 13.8. The van der Waals surface area contributed by atoms with Crippen LogP contribution in [0.15, 0.2) is 30.3 Å². The summed E-state index contributed by atoms with van der Waals surface area (Å²) < 4.78 is 0. The summed E-state index contributed by atoms with van der Waals surface area (Å²) >= 11 is 5.96. The van der Waals surface area contributed by atoms with E-state index in [0.29, 0.717) is 35.2 Å². The Morgan fingerprint density at radius 1 is 1.25 bits per heavy atom. The van der Waals surface area contributed by atoms with E-state index < -0.39 is 0 Å². The van der Waals surface area contributed by atoms with E-state index in [1.165, 1.54) is 0 Å². The largest absolute Gasteiger partial charge is 0.350 e. The first kappa shape index (κ1) is 15.0. The zero-order valence-electron chi connectivity index (χ0n) is 13.1. The van der Waals surface area contributed by atoms with Gasteiger partial charge in [0.1, 0.15) is 11.4 Å². The van der Waals surface area contributed by atoms with E-state index in [2.05, 4.69) is 25.5 Å². The molecule has 122 valence electrons. The fourth-order valence-electron chi connectivity index (χ4n) is 2.99. The average molecular weight is 342 g/mol. The predicted octanol–water partition coefficient (Wildman–Crippen LogP) is 2.83. The van der Waals surface area contributed by atoms with Gasteiger partial charge in [-0.25, -0.2) is 4.98 Å². The molecule has 3 N–H and O–H groups in total. The minimum atomic E-state index is -0.156. The highest BCUT2D eigenvalue weighted by molar-refractivity contribution is 6.30. The van der Waals surface area contributed by atoms with Crippen molar-refractivity contribution in [3.63, 3.8) is 0 Å². The maximum atomic E-state index is 12.3. The van der Waals surface area contributed by atoms with Crippen molar-refractivity contribution in [2.75, 3.05) is 6.54 Å². The number of amides is 1. The molecule has 0 aliphatic carbocycles. The Bertz CT molecular complexity index is 896. The molecule has 1 atom stereocenters. The SMILES string of the molecule is Cc1cc(-c2nc3c([nH]2)CC(c2ccc(Cl)cc2)CNC3=O)n[nH]1. The molecule has 24 heavy (non-hydrogen) atoms. The van der Waals surface area contributed by atoms with Crippen molar-refractivity contribution < 1.29 is 4.79 Å². The van der Waals surface area contributed by atoms with Crippen LogP contribution in [-0.4, -0.2) is 32.6 Å². The summed E-state index contributed by atoms with van der Waals surface area (Å²) in [6.45, 7) is 2.50. The lowest BCUT2D eigenvalue weighted by Crippen LogP contribution is -2.26. The molecule has 1 aliphatic rings. The number of aromatic nitrogens is 4. The van der Waals surface area contributed by atoms with Crippen LogP contribution in [0.4, 0.5) is 0 Å². The van der Waals surface area contributed by atoms with E-state index in [9.17, 15) is 4.79 Å². The number of rotatable bonds is 2. The van der Waals surface area contributed by atoms with Crippen LogP contribution in [0.2, 0.25) is 5.02 Å². The van der Waals surface area contributed by atoms with Crippen LogP contribution in [0.1, 0.15) is 33.4 Å². The Labute approximate surface area is 143 Å². The highest BCUT2D eigenvalue weighted by Crippen LogP contribution is 2.27. The molecule has 1 aliphatic heterocycles. The first-order chi connectivity index (χ1) is 11.6. The van der Waals surface area contributed by atoms with Gasteiger partial charge in [0.25, 0.3) is 5.91 Å². The summed E-state index contributed by atoms with van der Waals surface area (Å²) in [6, 6.07) is 9.63. The van der Waals surface area contributed by atoms with Gasteiger partial charge >= 0.3 is 0 Å². The monoisotopic (exact) mass is 341 g/mol. The van der Waals surface area contributed by atoms with Gasteiger partial charge in [0.15, 0.2) is 5.82 Å². The zero-order chi connectivity index (χ0) is 16.7. The van der Waals surface area contributed by atoms with Gasteiger partial charge in [-0.1, -0.05) is 23.7 Å². The Kier molecular flexibility index (Phi) is 3.61. The Balaban J connectivity index is 1.69. The van der Waals surface area contributed by atoms with E-state index in [4.69, 9.17) is 11.6 Å². The molecular weight excluding hydrogens is 326 g/mol. The molecule has 2 aromatic heterocycles. The van der Waals surface area contributed by atoms with Gasteiger partial charge in [0, 0.05) is 28.9 Å². The van der Waals surface area contributed by atoms with E-state index >= 15 is 0 Å². The van der Waals surface area contributed by atoms with Crippen molar-refractivity contribution in [2.24, 2.45) is 0 Å². The fraction of sp³-hybridized carbons (Fsp3) is 0.235. The number of aromatic amines is 2. The van der Waals surface area contributed by atoms with Gasteiger partial charge in [-0.05, 0) is 37.1 Å². The van der Waals surface area contributed by atoms with Gasteiger partial charge in [0.05, 0.1) is 0 Å². The number of benzene rings is 1. The standard InChI is InChI=1S/C17H16ClN5O/c1-9-6-14(23-22-9)16-20-13-7-11(8-19-17(24)15(13)21-16)10-2-4-12(18)5-3-10/h2-6,11H,7-8H2,1H3,(H,19,24)(H,20,21)(H,22,23). The van der Waals surface area contributed by atoms with Crippen LogP contribution in [0.25, 0.3) is 11.5 Å². The van der Waals surface area contributed by atoms with Crippen molar-refractivity contribution in [3.8, 4) is 11.5 Å². The second kappa shape index (κ2) is 5.79. The molecule has 4 rings (SSSR count). The molecule has 0 spiro atoms. The average Bonchev–Trinajstić information content (AvgIpc) is 3.15. The lowest BCUT2D eigenvalue weighted by Gasteiger charge is -2.14. The van der Waals surface area contributed by atoms with Crippen LogP contribution >= 0.6 is 11.6 Å². The van der Waals surface area contributed by atoms with Crippen molar-refractivity contribution in [3.05, 3.63) is 58.0 Å². The number of hydrogen-bond acceptors (Lipinski definition) is 3. The number of imidazole rings is 1. The third-order valence-electron chi connectivity index (χ3n) is 4.24. The lowest BCUT2D eigenvalue weighted by molar-refractivity contribution is 0.0950. The number of carbonyl (C=O) groups excluding carboxylic acids is 1. The molecule has 3 heterocycles. The number of H-pyrrole nitrogens is 2. The van der Waals surface area contributed by atoms with Crippen LogP contribution < -0.4 is 5.32 Å². The number of aryl methyl sites for hydroxylation is 1. The normalized spacial score (nSPS) is 17.2. The molecule has 1 amide bonds. The minimum Gasteiger partial charge on any atom is -0.350 e. The smallest absolute Gasteiger partial charge is 0.271 e. The van der Waals surface area contributed by atoms with Crippen LogP contribution in [0.3, 0.4) is 0 Å². The maximum Gasteiger partial charge on any atom is 0.271 e. The second-order valence-electron chi connectivity index (χ2n) is 6.01. The number of fused-ring (bicyclic) bond motifs is 1. The first-order valence-electron chi connectivity index (χ1n) is 7.75. The predicted molar refractivity (Wildman–Crippen MR) is 91.1 cm³/mol. The van der Waals surface area contributed by atoms with Gasteiger partial charge < -0.3 is 10.3 Å². The number of halogens is 1. The van der Waals surface area contributed by atoms with Crippen molar-refractivity contribution in [1.82, 2.24) is 25.5 Å². The molecule has 7 heteroatoms. The Morgan fingerprint density at radius 2 is 2.04 bits per heavy atom. The van der Waals surface area contributed by atoms with Gasteiger partial charge in [-0.3, -0.25) is 9.89 Å². The lowest BCUT2D eigenvalue weighted by atomic mass is 9.94. The van der Waals surface area contributed by atoms with E-state index in [0.717, 1.165) is 17.0 Å². The molecule has 0 fully saturated rings. The summed E-state index contributed by atoms with van der Waals surface area (Å²) in [5.41, 5.74) is 4.07. The first-order valence-corrected chi connectivity index (χ1v) is 8.13. The third kappa shape index (κ3) is 2.69. The molecule has 1 aromatic carbocycles.